The van der Waals surface area contributed by atoms with Crippen molar-refractivity contribution < 1.29 is 19.0 Å². The molecule has 4 nitrogen and oxygen atoms in total. The minimum Gasteiger partial charge on any atom is -0.490 e. The van der Waals surface area contributed by atoms with Crippen LogP contribution in [-0.2, 0) is 9.53 Å². The minimum atomic E-state index is -0.259. The van der Waals surface area contributed by atoms with Crippen molar-refractivity contribution in [1.29, 1.82) is 0 Å². The second-order valence-electron chi connectivity index (χ2n) is 4.29. The van der Waals surface area contributed by atoms with E-state index in [9.17, 15) is 4.79 Å². The van der Waals surface area contributed by atoms with Crippen LogP contribution in [0.15, 0.2) is 18.2 Å². The summed E-state index contributed by atoms with van der Waals surface area (Å²) in [7, 11) is 0. The quantitative estimate of drug-likeness (QED) is 0.683. The van der Waals surface area contributed by atoms with Gasteiger partial charge >= 0.3 is 5.97 Å². The largest absolute Gasteiger partial charge is 0.490 e. The van der Waals surface area contributed by atoms with E-state index in [1.54, 1.807) is 0 Å². The molecule has 0 saturated heterocycles. The molecule has 0 fully saturated rings. The molecule has 0 aliphatic carbocycles. The smallest absolute Gasteiger partial charge is 0.313 e. The third kappa shape index (κ3) is 4.15. The van der Waals surface area contributed by atoms with Crippen molar-refractivity contribution >= 4 is 5.97 Å². The molecule has 1 atom stereocenters. The van der Waals surface area contributed by atoms with Gasteiger partial charge in [0.2, 0.25) is 0 Å². The van der Waals surface area contributed by atoms with Crippen LogP contribution in [-0.4, -0.2) is 25.8 Å². The molecule has 112 valence electrons. The number of rotatable bonds is 8. The van der Waals surface area contributed by atoms with Crippen LogP contribution in [0.4, 0.5) is 0 Å². The summed E-state index contributed by atoms with van der Waals surface area (Å²) in [6.45, 7) is 9.16. The van der Waals surface area contributed by atoms with Crippen LogP contribution in [0.5, 0.6) is 11.5 Å². The molecule has 1 aromatic carbocycles. The number of benzene rings is 1. The van der Waals surface area contributed by atoms with Crippen LogP contribution < -0.4 is 9.47 Å². The van der Waals surface area contributed by atoms with Crippen LogP contribution in [0.2, 0.25) is 0 Å². The second kappa shape index (κ2) is 8.46. The Kier molecular flexibility index (Phi) is 6.91. The molecule has 0 saturated carbocycles. The predicted octanol–water partition coefficient (Wildman–Crippen LogP) is 3.54. The van der Waals surface area contributed by atoms with E-state index in [1.807, 2.05) is 45.9 Å². The van der Waals surface area contributed by atoms with Crippen LogP contribution in [0.3, 0.4) is 0 Å². The summed E-state index contributed by atoms with van der Waals surface area (Å²) in [6, 6.07) is 5.63. The van der Waals surface area contributed by atoms with Gasteiger partial charge in [-0.15, -0.1) is 0 Å². The topological polar surface area (TPSA) is 44.8 Å². The molecular formula is C16H24O4. The molecule has 0 radical (unpaired) electrons. The van der Waals surface area contributed by atoms with Gasteiger partial charge in [0.25, 0.3) is 0 Å². The van der Waals surface area contributed by atoms with Crippen molar-refractivity contribution in [3.8, 4) is 11.5 Å². The van der Waals surface area contributed by atoms with Gasteiger partial charge < -0.3 is 14.2 Å². The Bertz CT molecular complexity index is 428. The first kappa shape index (κ1) is 16.3. The highest BCUT2D eigenvalue weighted by molar-refractivity contribution is 5.78. The number of ether oxygens (including phenoxy) is 3. The van der Waals surface area contributed by atoms with E-state index in [0.717, 1.165) is 5.56 Å². The maximum absolute atomic E-state index is 12.0. The predicted molar refractivity (Wildman–Crippen MR) is 78.4 cm³/mol. The third-order valence-corrected chi connectivity index (χ3v) is 2.95. The molecule has 1 rings (SSSR count). The normalized spacial score (nSPS) is 11.8. The summed E-state index contributed by atoms with van der Waals surface area (Å²) in [5.41, 5.74) is 0.901. The highest BCUT2D eigenvalue weighted by Gasteiger charge is 2.21. The lowest BCUT2D eigenvalue weighted by Gasteiger charge is -2.17. The zero-order chi connectivity index (χ0) is 15.0. The van der Waals surface area contributed by atoms with Crippen LogP contribution >= 0.6 is 0 Å². The molecule has 4 heteroatoms. The molecule has 1 aromatic rings. The Labute approximate surface area is 121 Å². The molecule has 0 bridgehead atoms. The number of hydrogen-bond acceptors (Lipinski definition) is 4. The van der Waals surface area contributed by atoms with Gasteiger partial charge in [0.1, 0.15) is 0 Å². The lowest BCUT2D eigenvalue weighted by atomic mass is 9.96. The molecule has 0 spiro atoms. The first-order valence-electron chi connectivity index (χ1n) is 7.23. The monoisotopic (exact) mass is 280 g/mol. The fourth-order valence-corrected chi connectivity index (χ4v) is 2.07. The van der Waals surface area contributed by atoms with Gasteiger partial charge in [-0.05, 0) is 44.9 Å². The lowest BCUT2D eigenvalue weighted by molar-refractivity contribution is -0.145. The Morgan fingerprint density at radius 2 is 1.65 bits per heavy atom. The van der Waals surface area contributed by atoms with E-state index in [2.05, 4.69) is 0 Å². The van der Waals surface area contributed by atoms with Gasteiger partial charge in [-0.25, -0.2) is 0 Å². The van der Waals surface area contributed by atoms with Crippen molar-refractivity contribution in [2.75, 3.05) is 19.8 Å². The number of esters is 1. The molecular weight excluding hydrogens is 256 g/mol. The van der Waals surface area contributed by atoms with Crippen LogP contribution in [0.1, 0.15) is 45.6 Å². The highest BCUT2D eigenvalue weighted by Crippen LogP contribution is 2.32. The van der Waals surface area contributed by atoms with E-state index >= 15 is 0 Å². The second-order valence-corrected chi connectivity index (χ2v) is 4.29. The van der Waals surface area contributed by atoms with E-state index in [0.29, 0.717) is 37.7 Å². The summed E-state index contributed by atoms with van der Waals surface area (Å²) in [5.74, 6) is 0.929. The molecule has 0 heterocycles. The van der Waals surface area contributed by atoms with Crippen molar-refractivity contribution in [2.24, 2.45) is 0 Å². The fourth-order valence-electron chi connectivity index (χ4n) is 2.07. The number of hydrogen-bond donors (Lipinski definition) is 0. The number of carbonyl (C=O) groups excluding carboxylic acids is 1. The van der Waals surface area contributed by atoms with Crippen molar-refractivity contribution in [1.82, 2.24) is 0 Å². The summed E-state index contributed by atoms with van der Waals surface area (Å²) in [5, 5.41) is 0. The highest BCUT2D eigenvalue weighted by atomic mass is 16.5. The van der Waals surface area contributed by atoms with Gasteiger partial charge in [0.05, 0.1) is 25.7 Å². The maximum Gasteiger partial charge on any atom is 0.313 e. The average molecular weight is 280 g/mol. The zero-order valence-corrected chi connectivity index (χ0v) is 12.8. The summed E-state index contributed by atoms with van der Waals surface area (Å²) in [4.78, 5) is 12.0. The third-order valence-electron chi connectivity index (χ3n) is 2.95. The molecule has 0 amide bonds. The fraction of sp³-hybridized carbons (Fsp3) is 0.562. The Balaban J connectivity index is 3.04. The van der Waals surface area contributed by atoms with Crippen LogP contribution in [0, 0.1) is 0 Å². The van der Waals surface area contributed by atoms with Gasteiger partial charge in [0.15, 0.2) is 11.5 Å². The number of carbonyl (C=O) groups is 1. The molecule has 20 heavy (non-hydrogen) atoms. The van der Waals surface area contributed by atoms with Gasteiger partial charge in [-0.2, -0.15) is 0 Å². The Morgan fingerprint density at radius 3 is 2.20 bits per heavy atom. The molecule has 0 aliphatic rings. The van der Waals surface area contributed by atoms with Crippen LogP contribution in [0.25, 0.3) is 0 Å². The SMILES string of the molecule is CCOC(=O)C(CC)c1ccc(OCC)c(OCC)c1. The van der Waals surface area contributed by atoms with Crippen molar-refractivity contribution in [3.63, 3.8) is 0 Å². The standard InChI is InChI=1S/C16H24O4/c1-5-13(16(17)20-8-4)12-9-10-14(18-6-2)15(11-12)19-7-3/h9-11,13H,5-8H2,1-4H3. The van der Waals surface area contributed by atoms with Gasteiger partial charge in [-0.3, -0.25) is 4.79 Å². The average Bonchev–Trinajstić information content (AvgIpc) is 2.43. The van der Waals surface area contributed by atoms with E-state index < -0.39 is 0 Å². The van der Waals surface area contributed by atoms with E-state index in [-0.39, 0.29) is 11.9 Å². The Hall–Kier alpha value is -1.71. The minimum absolute atomic E-state index is 0.193. The van der Waals surface area contributed by atoms with Crippen molar-refractivity contribution in [2.45, 2.75) is 40.0 Å². The maximum atomic E-state index is 12.0. The molecule has 0 aromatic heterocycles. The van der Waals surface area contributed by atoms with Gasteiger partial charge in [0, 0.05) is 0 Å². The summed E-state index contributed by atoms with van der Waals surface area (Å²) in [6.07, 6.45) is 0.693. The van der Waals surface area contributed by atoms with E-state index in [4.69, 9.17) is 14.2 Å². The molecule has 0 N–H and O–H groups in total. The first-order valence-corrected chi connectivity index (χ1v) is 7.23. The van der Waals surface area contributed by atoms with Crippen molar-refractivity contribution in [3.05, 3.63) is 23.8 Å². The first-order chi connectivity index (χ1) is 9.67. The lowest BCUT2D eigenvalue weighted by Crippen LogP contribution is -2.15. The van der Waals surface area contributed by atoms with Gasteiger partial charge in [-0.1, -0.05) is 13.0 Å². The summed E-state index contributed by atoms with van der Waals surface area (Å²) < 4.78 is 16.2. The Morgan fingerprint density at radius 1 is 1.00 bits per heavy atom. The zero-order valence-electron chi connectivity index (χ0n) is 12.8. The molecule has 0 aliphatic heterocycles. The van der Waals surface area contributed by atoms with E-state index in [1.165, 1.54) is 0 Å². The summed E-state index contributed by atoms with van der Waals surface area (Å²) >= 11 is 0. The molecule has 1 unspecified atom stereocenters.